The monoisotopic (exact) mass is 296 g/mol. The maximum absolute atomic E-state index is 4.74. The second-order valence-corrected chi connectivity index (χ2v) is 6.51. The van der Waals surface area contributed by atoms with Gasteiger partial charge in [0.2, 0.25) is 0 Å². The molecule has 0 saturated heterocycles. The highest BCUT2D eigenvalue weighted by Gasteiger charge is 2.12. The second-order valence-electron chi connectivity index (χ2n) is 5.40. The minimum absolute atomic E-state index is 0.423. The molecule has 0 aliphatic rings. The lowest BCUT2D eigenvalue weighted by atomic mass is 9.99. The Morgan fingerprint density at radius 1 is 1.05 bits per heavy atom. The van der Waals surface area contributed by atoms with E-state index in [0.29, 0.717) is 6.04 Å². The van der Waals surface area contributed by atoms with Crippen LogP contribution in [0.25, 0.3) is 10.2 Å². The van der Waals surface area contributed by atoms with E-state index in [9.17, 15) is 0 Å². The van der Waals surface area contributed by atoms with E-state index in [0.717, 1.165) is 18.4 Å². The molecule has 1 heterocycles. The number of likely N-dealkylation sites (N-methyl/N-ethyl adjacent to an activating group) is 1. The summed E-state index contributed by atoms with van der Waals surface area (Å²) in [6, 6.07) is 17.4. The van der Waals surface area contributed by atoms with Crippen molar-refractivity contribution in [2.24, 2.45) is 0 Å². The van der Waals surface area contributed by atoms with Crippen LogP contribution in [-0.2, 0) is 12.8 Å². The van der Waals surface area contributed by atoms with Gasteiger partial charge in [-0.2, -0.15) is 0 Å². The number of aromatic nitrogens is 1. The van der Waals surface area contributed by atoms with Crippen molar-refractivity contribution < 1.29 is 0 Å². The van der Waals surface area contributed by atoms with E-state index in [2.05, 4.69) is 60.8 Å². The summed E-state index contributed by atoms with van der Waals surface area (Å²) >= 11 is 1.80. The fraction of sp³-hybridized carbons (Fsp3) is 0.278. The van der Waals surface area contributed by atoms with Gasteiger partial charge in [-0.05, 0) is 43.7 Å². The molecule has 1 atom stereocenters. The topological polar surface area (TPSA) is 24.9 Å². The number of benzene rings is 2. The van der Waals surface area contributed by atoms with Gasteiger partial charge in [0.1, 0.15) is 0 Å². The Balaban J connectivity index is 1.76. The number of hydrogen-bond donors (Lipinski definition) is 1. The predicted molar refractivity (Wildman–Crippen MR) is 91.1 cm³/mol. The highest BCUT2D eigenvalue weighted by Crippen LogP contribution is 2.23. The summed E-state index contributed by atoms with van der Waals surface area (Å²) in [5, 5.41) is 4.65. The number of aryl methyl sites for hydroxylation is 1. The Kier molecular flexibility index (Phi) is 4.32. The summed E-state index contributed by atoms with van der Waals surface area (Å²) < 4.78 is 1.28. The second kappa shape index (κ2) is 6.37. The maximum Gasteiger partial charge on any atom is 0.0954 e. The first-order valence-corrected chi connectivity index (χ1v) is 8.14. The Labute approximate surface area is 129 Å². The Bertz CT molecular complexity index is 700. The van der Waals surface area contributed by atoms with Gasteiger partial charge in [-0.15, -0.1) is 11.3 Å². The number of thiazole rings is 1. The molecule has 2 nitrogen and oxygen atoms in total. The molecule has 0 aliphatic carbocycles. The summed E-state index contributed by atoms with van der Waals surface area (Å²) in [6.45, 7) is 2.18. The molecular formula is C18H20N2S. The molecule has 3 heteroatoms. The molecule has 0 fully saturated rings. The Morgan fingerprint density at radius 2 is 1.81 bits per heavy atom. The van der Waals surface area contributed by atoms with Gasteiger partial charge in [0.25, 0.3) is 0 Å². The third-order valence-corrected chi connectivity index (χ3v) is 4.95. The highest BCUT2D eigenvalue weighted by atomic mass is 32.1. The lowest BCUT2D eigenvalue weighted by Crippen LogP contribution is -2.30. The van der Waals surface area contributed by atoms with Crippen LogP contribution in [0.2, 0.25) is 0 Å². The summed E-state index contributed by atoms with van der Waals surface area (Å²) in [5.41, 5.74) is 3.89. The van der Waals surface area contributed by atoms with Gasteiger partial charge < -0.3 is 5.32 Å². The van der Waals surface area contributed by atoms with Crippen LogP contribution in [0, 0.1) is 6.92 Å². The molecule has 3 aromatic rings. The minimum atomic E-state index is 0.423. The average molecular weight is 296 g/mol. The van der Waals surface area contributed by atoms with Gasteiger partial charge in [0, 0.05) is 12.5 Å². The predicted octanol–water partition coefficient (Wildman–Crippen LogP) is 3.98. The molecule has 0 saturated carbocycles. The maximum atomic E-state index is 4.74. The van der Waals surface area contributed by atoms with E-state index in [1.54, 1.807) is 11.3 Å². The van der Waals surface area contributed by atoms with Crippen molar-refractivity contribution in [3.8, 4) is 0 Å². The lowest BCUT2D eigenvalue weighted by molar-refractivity contribution is 0.554. The van der Waals surface area contributed by atoms with Crippen molar-refractivity contribution in [3.63, 3.8) is 0 Å². The van der Waals surface area contributed by atoms with Crippen molar-refractivity contribution in [1.82, 2.24) is 10.3 Å². The van der Waals surface area contributed by atoms with E-state index < -0.39 is 0 Å². The third-order valence-electron chi connectivity index (χ3n) is 3.90. The molecule has 1 aromatic heterocycles. The summed E-state index contributed by atoms with van der Waals surface area (Å²) in [5.74, 6) is 0. The smallest absolute Gasteiger partial charge is 0.0954 e. The summed E-state index contributed by atoms with van der Waals surface area (Å²) in [4.78, 5) is 4.74. The molecule has 0 aliphatic heterocycles. The molecule has 0 amide bonds. The molecule has 21 heavy (non-hydrogen) atoms. The third kappa shape index (κ3) is 3.31. The fourth-order valence-corrected chi connectivity index (χ4v) is 3.65. The van der Waals surface area contributed by atoms with Crippen LogP contribution in [0.15, 0.2) is 48.5 Å². The zero-order chi connectivity index (χ0) is 14.7. The molecule has 108 valence electrons. The van der Waals surface area contributed by atoms with Crippen LogP contribution < -0.4 is 5.32 Å². The number of nitrogens with zero attached hydrogens (tertiary/aromatic N) is 1. The molecule has 0 bridgehead atoms. The van der Waals surface area contributed by atoms with Crippen LogP contribution >= 0.6 is 11.3 Å². The minimum Gasteiger partial charge on any atom is -0.316 e. The van der Waals surface area contributed by atoms with Gasteiger partial charge in [0.05, 0.1) is 15.2 Å². The molecule has 1 unspecified atom stereocenters. The highest BCUT2D eigenvalue weighted by molar-refractivity contribution is 7.18. The van der Waals surface area contributed by atoms with E-state index in [1.807, 2.05) is 7.05 Å². The van der Waals surface area contributed by atoms with Crippen LogP contribution in [0.3, 0.4) is 0 Å². The van der Waals surface area contributed by atoms with Crippen molar-refractivity contribution in [2.45, 2.75) is 25.8 Å². The molecular weight excluding hydrogens is 276 g/mol. The van der Waals surface area contributed by atoms with E-state index in [4.69, 9.17) is 4.98 Å². The van der Waals surface area contributed by atoms with E-state index in [1.165, 1.54) is 20.8 Å². The van der Waals surface area contributed by atoms with Gasteiger partial charge >= 0.3 is 0 Å². The molecule has 0 spiro atoms. The average Bonchev–Trinajstić information content (AvgIpc) is 2.91. The first kappa shape index (κ1) is 14.2. The van der Waals surface area contributed by atoms with Crippen molar-refractivity contribution in [3.05, 3.63) is 64.7 Å². The van der Waals surface area contributed by atoms with Crippen molar-refractivity contribution in [1.29, 1.82) is 0 Å². The van der Waals surface area contributed by atoms with Crippen molar-refractivity contribution in [2.75, 3.05) is 7.05 Å². The zero-order valence-corrected chi connectivity index (χ0v) is 13.3. The number of rotatable bonds is 5. The quantitative estimate of drug-likeness (QED) is 0.770. The van der Waals surface area contributed by atoms with E-state index >= 15 is 0 Å². The van der Waals surface area contributed by atoms with Crippen LogP contribution in [-0.4, -0.2) is 18.1 Å². The lowest BCUT2D eigenvalue weighted by Gasteiger charge is -2.16. The Hall–Kier alpha value is -1.71. The number of fused-ring (bicyclic) bond motifs is 1. The van der Waals surface area contributed by atoms with Crippen LogP contribution in [0.1, 0.15) is 16.1 Å². The number of para-hydroxylation sites is 1. The standard InChI is InChI=1S/C18H20N2S/c1-13-7-3-4-8-14(13)11-15(19-2)12-18-20-16-9-5-6-10-17(16)21-18/h3-10,15,19H,11-12H2,1-2H3. The van der Waals surface area contributed by atoms with Crippen molar-refractivity contribution >= 4 is 21.6 Å². The first-order valence-electron chi connectivity index (χ1n) is 7.32. The van der Waals surface area contributed by atoms with Gasteiger partial charge in [-0.1, -0.05) is 36.4 Å². The molecule has 0 radical (unpaired) electrons. The SMILES string of the molecule is CNC(Cc1nc2ccccc2s1)Cc1ccccc1C. The van der Waals surface area contributed by atoms with Crippen LogP contribution in [0.4, 0.5) is 0 Å². The largest absolute Gasteiger partial charge is 0.316 e. The van der Waals surface area contributed by atoms with Gasteiger partial charge in [-0.25, -0.2) is 4.98 Å². The molecule has 1 N–H and O–H groups in total. The fourth-order valence-electron chi connectivity index (χ4n) is 2.60. The first-order chi connectivity index (χ1) is 10.3. The molecule has 2 aromatic carbocycles. The van der Waals surface area contributed by atoms with Gasteiger partial charge in [-0.3, -0.25) is 0 Å². The van der Waals surface area contributed by atoms with E-state index in [-0.39, 0.29) is 0 Å². The summed E-state index contributed by atoms with van der Waals surface area (Å²) in [6.07, 6.45) is 2.02. The summed E-state index contributed by atoms with van der Waals surface area (Å²) in [7, 11) is 2.04. The number of hydrogen-bond acceptors (Lipinski definition) is 3. The normalized spacial score (nSPS) is 12.7. The molecule has 3 rings (SSSR count). The zero-order valence-electron chi connectivity index (χ0n) is 12.5. The van der Waals surface area contributed by atoms with Gasteiger partial charge in [0.15, 0.2) is 0 Å². The van der Waals surface area contributed by atoms with Crippen LogP contribution in [0.5, 0.6) is 0 Å². The Morgan fingerprint density at radius 3 is 2.57 bits per heavy atom. The number of nitrogens with one attached hydrogen (secondary N) is 1.